The van der Waals surface area contributed by atoms with Crippen LogP contribution in [-0.4, -0.2) is 18.0 Å². The van der Waals surface area contributed by atoms with E-state index in [0.717, 1.165) is 35.2 Å². The van der Waals surface area contributed by atoms with Crippen LogP contribution in [0.15, 0.2) is 48.9 Å². The molecule has 0 atom stereocenters. The van der Waals surface area contributed by atoms with E-state index in [1.807, 2.05) is 0 Å². The number of imidazole rings is 1. The molecule has 13 heteroatoms. The topological polar surface area (TPSA) is 70.4 Å². The summed E-state index contributed by atoms with van der Waals surface area (Å²) in [5.74, 6) is -2.43. The summed E-state index contributed by atoms with van der Waals surface area (Å²) < 4.78 is 110. The first-order valence-corrected chi connectivity index (χ1v) is 9.19. The maximum Gasteiger partial charge on any atom is 0.488 e. The molecule has 0 aliphatic carbocycles. The largest absolute Gasteiger partial charge is 0.489 e. The Balaban J connectivity index is 1.74. The van der Waals surface area contributed by atoms with E-state index in [4.69, 9.17) is 4.74 Å². The molecule has 2 aromatic carbocycles. The van der Waals surface area contributed by atoms with Gasteiger partial charge in [0.2, 0.25) is 0 Å². The highest BCUT2D eigenvalue weighted by atomic mass is 32.3. The van der Waals surface area contributed by atoms with E-state index in [9.17, 15) is 34.3 Å². The molecule has 0 N–H and O–H groups in total. The smallest absolute Gasteiger partial charge is 0.488 e. The average molecular weight is 452 g/mol. The maximum absolute atomic E-state index is 14.3. The number of halogens is 6. The van der Waals surface area contributed by atoms with Crippen LogP contribution in [0.5, 0.6) is 11.5 Å². The number of nitrogens with zero attached hydrogens (tertiary/aromatic N) is 2. The molecule has 30 heavy (non-hydrogen) atoms. The van der Waals surface area contributed by atoms with Crippen molar-refractivity contribution in [2.75, 3.05) is 0 Å². The zero-order valence-electron chi connectivity index (χ0n) is 14.5. The molecular weight excluding hydrogens is 442 g/mol. The van der Waals surface area contributed by atoms with Crippen LogP contribution in [0.2, 0.25) is 0 Å². The Labute approximate surface area is 165 Å². The Morgan fingerprint density at radius 2 is 1.57 bits per heavy atom. The summed E-state index contributed by atoms with van der Waals surface area (Å²) in [6.07, 6.45) is -3.34. The minimum atomic E-state index is -5.20. The molecule has 3 aromatic rings. The Bertz CT molecular complexity index is 1140. The van der Waals surface area contributed by atoms with Gasteiger partial charge in [-0.2, -0.15) is 21.6 Å². The number of hydrogen-bond donors (Lipinski definition) is 0. The quantitative estimate of drug-likeness (QED) is 0.411. The van der Waals surface area contributed by atoms with Gasteiger partial charge in [-0.15, -0.1) is 0 Å². The van der Waals surface area contributed by atoms with Crippen LogP contribution in [0.4, 0.5) is 25.8 Å². The summed E-state index contributed by atoms with van der Waals surface area (Å²) in [5.41, 5.74) is -1.93. The summed E-state index contributed by atoms with van der Waals surface area (Å²) in [5, 5.41) is 0. The van der Waals surface area contributed by atoms with Gasteiger partial charge in [0.1, 0.15) is 29.7 Å². The fourth-order valence-corrected chi connectivity index (χ4v) is 2.69. The highest BCUT2D eigenvalue weighted by molar-refractivity contribution is 7.81. The van der Waals surface area contributed by atoms with Gasteiger partial charge in [-0.05, 0) is 36.4 Å². The summed E-state index contributed by atoms with van der Waals surface area (Å²) >= 11 is 0. The molecular formula is C17H10F6N2O4S. The van der Waals surface area contributed by atoms with Gasteiger partial charge in [-0.25, -0.2) is 13.8 Å². The van der Waals surface area contributed by atoms with Crippen LogP contribution in [0, 0.1) is 11.6 Å². The minimum absolute atomic E-state index is 0.0610. The molecule has 0 bridgehead atoms. The summed E-state index contributed by atoms with van der Waals surface area (Å²) in [4.78, 5) is 3.15. The van der Waals surface area contributed by atoms with Crippen molar-refractivity contribution in [3.8, 4) is 17.2 Å². The van der Waals surface area contributed by atoms with Crippen LogP contribution in [0.25, 0.3) is 5.69 Å². The van der Waals surface area contributed by atoms with E-state index in [0.29, 0.717) is 6.20 Å². The fourth-order valence-electron chi connectivity index (χ4n) is 2.35. The van der Waals surface area contributed by atoms with Crippen molar-refractivity contribution >= 4 is 10.5 Å². The molecule has 0 radical (unpaired) electrons. The second-order valence-electron chi connectivity index (χ2n) is 5.79. The lowest BCUT2D eigenvalue weighted by molar-refractivity contribution is -0.140. The molecule has 0 spiro atoms. The third-order valence-electron chi connectivity index (χ3n) is 3.70. The molecule has 0 unspecified atom stereocenters. The predicted octanol–water partition coefficient (Wildman–Crippen LogP) is 4.34. The second-order valence-corrected chi connectivity index (χ2v) is 6.74. The lowest BCUT2D eigenvalue weighted by atomic mass is 10.2. The van der Waals surface area contributed by atoms with Crippen LogP contribution >= 0.6 is 0 Å². The molecule has 3 rings (SSSR count). The molecule has 0 fully saturated rings. The highest BCUT2D eigenvalue weighted by Crippen LogP contribution is 2.29. The molecule has 1 heterocycles. The molecule has 0 saturated carbocycles. The van der Waals surface area contributed by atoms with E-state index in [-0.39, 0.29) is 17.2 Å². The Kier molecular flexibility index (Phi) is 5.65. The molecule has 0 saturated heterocycles. The summed E-state index contributed by atoms with van der Waals surface area (Å²) in [7, 11) is -5.20. The van der Waals surface area contributed by atoms with Crippen molar-refractivity contribution in [2.45, 2.75) is 12.8 Å². The third kappa shape index (κ3) is 5.23. The van der Waals surface area contributed by atoms with Gasteiger partial charge in [0.05, 0.1) is 17.6 Å². The van der Waals surface area contributed by atoms with Crippen LogP contribution in [0.1, 0.15) is 11.3 Å². The van der Waals surface area contributed by atoms with E-state index in [1.54, 1.807) is 0 Å². The normalized spacial score (nSPS) is 12.1. The zero-order chi connectivity index (χ0) is 22.1. The Morgan fingerprint density at radius 1 is 1.00 bits per heavy atom. The number of ether oxygens (including phenoxy) is 1. The first-order chi connectivity index (χ1) is 13.9. The highest BCUT2D eigenvalue weighted by Gasteiger charge is 2.33. The molecule has 6 nitrogen and oxygen atoms in total. The van der Waals surface area contributed by atoms with Gasteiger partial charge < -0.3 is 13.5 Å². The van der Waals surface area contributed by atoms with Crippen molar-refractivity contribution in [3.63, 3.8) is 0 Å². The summed E-state index contributed by atoms with van der Waals surface area (Å²) in [6.45, 7) is -0.586. The lowest BCUT2D eigenvalue weighted by Gasteiger charge is -2.11. The molecule has 1 aromatic heterocycles. The van der Waals surface area contributed by atoms with E-state index in [1.165, 1.54) is 12.1 Å². The van der Waals surface area contributed by atoms with Gasteiger partial charge in [0.15, 0.2) is 5.69 Å². The van der Waals surface area contributed by atoms with Gasteiger partial charge in [0, 0.05) is 6.20 Å². The molecule has 0 aliphatic heterocycles. The van der Waals surface area contributed by atoms with Crippen LogP contribution < -0.4 is 8.92 Å². The lowest BCUT2D eigenvalue weighted by Crippen LogP contribution is -2.06. The predicted molar refractivity (Wildman–Crippen MR) is 89.9 cm³/mol. The van der Waals surface area contributed by atoms with Crippen molar-refractivity contribution in [1.82, 2.24) is 9.55 Å². The number of benzene rings is 2. The first kappa shape index (κ1) is 21.5. The minimum Gasteiger partial charge on any atom is -0.489 e. The third-order valence-corrected chi connectivity index (χ3v) is 4.09. The van der Waals surface area contributed by atoms with Crippen molar-refractivity contribution in [1.29, 1.82) is 0 Å². The zero-order valence-corrected chi connectivity index (χ0v) is 15.3. The van der Waals surface area contributed by atoms with Crippen molar-refractivity contribution in [3.05, 3.63) is 71.8 Å². The van der Waals surface area contributed by atoms with Gasteiger partial charge >= 0.3 is 16.7 Å². The number of hydrogen-bond acceptors (Lipinski definition) is 5. The molecule has 0 amide bonds. The van der Waals surface area contributed by atoms with Crippen LogP contribution in [-0.2, 0) is 23.3 Å². The Morgan fingerprint density at radius 3 is 2.07 bits per heavy atom. The van der Waals surface area contributed by atoms with Crippen LogP contribution in [0.3, 0.4) is 0 Å². The van der Waals surface area contributed by atoms with Crippen molar-refractivity contribution in [2.24, 2.45) is 0 Å². The average Bonchev–Trinajstić information content (AvgIpc) is 3.11. The molecule has 0 aliphatic rings. The molecule has 160 valence electrons. The first-order valence-electron chi connectivity index (χ1n) is 7.89. The number of alkyl halides is 3. The Hall–Kier alpha value is -3.22. The van der Waals surface area contributed by atoms with Crippen molar-refractivity contribution < 1.29 is 43.2 Å². The second kappa shape index (κ2) is 7.89. The standard InChI is InChI=1S/C17H10F6N2O4S/c18-14-5-10(25-7-16(24-9-25)17(20,21)22)6-15(19)13(14)8-28-11-1-3-12(4-2-11)29-30(23,26)27/h1-7,9H,8H2. The summed E-state index contributed by atoms with van der Waals surface area (Å²) in [6, 6.07) is 6.09. The van der Waals surface area contributed by atoms with Gasteiger partial charge in [-0.3, -0.25) is 0 Å². The number of aromatic nitrogens is 2. The van der Waals surface area contributed by atoms with E-state index < -0.39 is 46.2 Å². The fraction of sp³-hybridized carbons (Fsp3) is 0.118. The monoisotopic (exact) mass is 452 g/mol. The SMILES string of the molecule is O=S(=O)(F)Oc1ccc(OCc2c(F)cc(-n3cnc(C(F)(F)F)c3)cc2F)cc1. The van der Waals surface area contributed by atoms with Gasteiger partial charge in [0.25, 0.3) is 0 Å². The van der Waals surface area contributed by atoms with E-state index >= 15 is 0 Å². The van der Waals surface area contributed by atoms with Gasteiger partial charge in [-0.1, -0.05) is 3.89 Å². The number of rotatable bonds is 6. The maximum atomic E-state index is 14.3. The van der Waals surface area contributed by atoms with E-state index in [2.05, 4.69) is 9.17 Å².